The number of nitrogens with one attached hydrogen (secondary N) is 1. The highest BCUT2D eigenvalue weighted by Gasteiger charge is 2.18. The van der Waals surface area contributed by atoms with Crippen LogP contribution in [0.2, 0.25) is 5.02 Å². The summed E-state index contributed by atoms with van der Waals surface area (Å²) in [6.07, 6.45) is 2.37. The van der Waals surface area contributed by atoms with Gasteiger partial charge in [0.15, 0.2) is 5.69 Å². The summed E-state index contributed by atoms with van der Waals surface area (Å²) in [6.45, 7) is 0.197. The molecule has 0 saturated carbocycles. The Hall–Kier alpha value is -2.08. The second-order valence-electron chi connectivity index (χ2n) is 5.32. The third-order valence-corrected chi connectivity index (χ3v) is 5.29. The Morgan fingerprint density at radius 2 is 1.81 bits per heavy atom. The summed E-state index contributed by atoms with van der Waals surface area (Å²) in [5.74, 6) is -0.650. The molecule has 0 aliphatic carbocycles. The predicted molar refractivity (Wildman–Crippen MR) is 94.0 cm³/mol. The van der Waals surface area contributed by atoms with Crippen LogP contribution in [-0.4, -0.2) is 45.5 Å². The normalized spacial score (nSPS) is 12.0. The maximum absolute atomic E-state index is 12.1. The van der Waals surface area contributed by atoms with Gasteiger partial charge >= 0.3 is 0 Å². The number of amides is 1. The van der Waals surface area contributed by atoms with Gasteiger partial charge in [-0.25, -0.2) is 31.9 Å². The fraction of sp³-hybridized carbons (Fsp3) is 0.214. The summed E-state index contributed by atoms with van der Waals surface area (Å²) >= 11 is 5.85. The van der Waals surface area contributed by atoms with Gasteiger partial charge in [-0.05, 0) is 24.1 Å². The van der Waals surface area contributed by atoms with Gasteiger partial charge in [-0.1, -0.05) is 23.7 Å². The van der Waals surface area contributed by atoms with Crippen LogP contribution in [0, 0.1) is 0 Å². The van der Waals surface area contributed by atoms with Crippen LogP contribution in [0.5, 0.6) is 0 Å². The number of sulfone groups is 1. The molecule has 0 fully saturated rings. The van der Waals surface area contributed by atoms with Crippen LogP contribution >= 0.6 is 11.6 Å². The minimum absolute atomic E-state index is 0.00800. The largest absolute Gasteiger partial charge is 0.350 e. The zero-order chi connectivity index (χ0) is 19.5. The van der Waals surface area contributed by atoms with Crippen molar-refractivity contribution in [3.05, 3.63) is 46.7 Å². The van der Waals surface area contributed by atoms with E-state index in [-0.39, 0.29) is 22.2 Å². The van der Waals surface area contributed by atoms with Crippen LogP contribution in [0.15, 0.2) is 40.5 Å². The molecule has 9 nitrogen and oxygen atoms in total. The van der Waals surface area contributed by atoms with E-state index in [1.54, 1.807) is 12.1 Å². The fourth-order valence-electron chi connectivity index (χ4n) is 1.94. The lowest BCUT2D eigenvalue weighted by Crippen LogP contribution is -2.27. The minimum Gasteiger partial charge on any atom is -0.350 e. The number of aromatic nitrogens is 2. The molecular weight excluding hydrogens is 404 g/mol. The van der Waals surface area contributed by atoms with Crippen molar-refractivity contribution in [3.63, 3.8) is 0 Å². The molecule has 0 spiro atoms. The first kappa shape index (κ1) is 20.2. The van der Waals surface area contributed by atoms with Crippen LogP contribution in [0.25, 0.3) is 0 Å². The van der Waals surface area contributed by atoms with Gasteiger partial charge in [0.2, 0.25) is 25.0 Å². The Morgan fingerprint density at radius 3 is 2.35 bits per heavy atom. The first-order chi connectivity index (χ1) is 12.0. The first-order valence-electron chi connectivity index (χ1n) is 7.11. The summed E-state index contributed by atoms with van der Waals surface area (Å²) < 4.78 is 45.3. The van der Waals surface area contributed by atoms with Crippen LogP contribution in [-0.2, 0) is 26.3 Å². The van der Waals surface area contributed by atoms with Crippen LogP contribution in [0.4, 0.5) is 0 Å². The van der Waals surface area contributed by atoms with Gasteiger partial charge in [0.05, 0.1) is 16.1 Å². The molecule has 12 heteroatoms. The third kappa shape index (κ3) is 5.21. The molecule has 2 aromatic rings. The molecule has 1 aromatic carbocycles. The molecule has 1 aromatic heterocycles. The summed E-state index contributed by atoms with van der Waals surface area (Å²) in [4.78, 5) is 19.4. The second-order valence-corrected chi connectivity index (χ2v) is 9.19. The lowest BCUT2D eigenvalue weighted by atomic mass is 10.1. The van der Waals surface area contributed by atoms with E-state index < -0.39 is 30.9 Å². The number of hydrogen-bond donors (Lipinski definition) is 2. The fourth-order valence-corrected chi connectivity index (χ4v) is 3.13. The highest BCUT2D eigenvalue weighted by atomic mass is 35.5. The molecule has 0 atom stereocenters. The molecule has 26 heavy (non-hydrogen) atoms. The lowest BCUT2D eigenvalue weighted by molar-refractivity contribution is 0.0948. The molecule has 0 saturated heterocycles. The molecule has 0 radical (unpaired) electrons. The maximum Gasteiger partial charge on any atom is 0.271 e. The number of benzene rings is 1. The molecule has 0 bridgehead atoms. The maximum atomic E-state index is 12.1. The van der Waals surface area contributed by atoms with E-state index in [0.29, 0.717) is 6.42 Å². The standard InChI is InChI=1S/C14H15ClN4O5S2/c1-25(21,22)14-18-8-11(15)12(19-14)13(20)17-7-6-9-2-4-10(5-3-9)26(16,23)24/h2-5,8H,6-7H2,1H3,(H,17,20)(H2,16,23,24). The van der Waals surface area contributed by atoms with Crippen molar-refractivity contribution in [2.45, 2.75) is 16.5 Å². The van der Waals surface area contributed by atoms with Gasteiger partial charge in [-0.3, -0.25) is 4.79 Å². The third-order valence-electron chi connectivity index (χ3n) is 3.22. The van der Waals surface area contributed by atoms with E-state index >= 15 is 0 Å². The van der Waals surface area contributed by atoms with Crippen molar-refractivity contribution in [1.29, 1.82) is 0 Å². The predicted octanol–water partition coefficient (Wildman–Crippen LogP) is 0.153. The Labute approximate surface area is 155 Å². The Balaban J connectivity index is 2.03. The zero-order valence-corrected chi connectivity index (χ0v) is 15.9. The van der Waals surface area contributed by atoms with Gasteiger partial charge in [0, 0.05) is 12.8 Å². The van der Waals surface area contributed by atoms with Crippen LogP contribution in [0.1, 0.15) is 16.1 Å². The second kappa shape index (κ2) is 7.66. The van der Waals surface area contributed by atoms with Crippen molar-refractivity contribution in [2.75, 3.05) is 12.8 Å². The molecule has 0 unspecified atom stereocenters. The Bertz CT molecular complexity index is 1040. The minimum atomic E-state index is -3.76. The molecule has 0 aliphatic heterocycles. The molecular formula is C14H15ClN4O5S2. The summed E-state index contributed by atoms with van der Waals surface area (Å²) in [5.41, 5.74) is 0.523. The molecule has 3 N–H and O–H groups in total. The number of nitrogens with two attached hydrogens (primary N) is 1. The highest BCUT2D eigenvalue weighted by Crippen LogP contribution is 2.14. The SMILES string of the molecule is CS(=O)(=O)c1ncc(Cl)c(C(=O)NCCc2ccc(S(N)(=O)=O)cc2)n1. The average molecular weight is 419 g/mol. The quantitative estimate of drug-likeness (QED) is 0.634. The zero-order valence-electron chi connectivity index (χ0n) is 13.5. The number of carbonyl (C=O) groups excluding carboxylic acids is 1. The first-order valence-corrected chi connectivity index (χ1v) is 10.9. The van der Waals surface area contributed by atoms with Gasteiger partial charge < -0.3 is 5.32 Å². The van der Waals surface area contributed by atoms with Crippen LogP contribution in [0.3, 0.4) is 0 Å². The number of carbonyl (C=O) groups is 1. The van der Waals surface area contributed by atoms with E-state index in [4.69, 9.17) is 16.7 Å². The van der Waals surface area contributed by atoms with Gasteiger partial charge in [0.1, 0.15) is 0 Å². The van der Waals surface area contributed by atoms with E-state index in [1.807, 2.05) is 0 Å². The van der Waals surface area contributed by atoms with Gasteiger partial charge in [0.25, 0.3) is 5.91 Å². The smallest absolute Gasteiger partial charge is 0.271 e. The molecule has 1 heterocycles. The number of halogens is 1. The molecule has 0 aliphatic rings. The lowest BCUT2D eigenvalue weighted by Gasteiger charge is -2.07. The van der Waals surface area contributed by atoms with Crippen molar-refractivity contribution in [1.82, 2.24) is 15.3 Å². The van der Waals surface area contributed by atoms with Crippen molar-refractivity contribution in [3.8, 4) is 0 Å². The summed E-state index contributed by atoms with van der Waals surface area (Å²) in [7, 11) is -7.43. The van der Waals surface area contributed by atoms with Crippen molar-refractivity contribution < 1.29 is 21.6 Å². The summed E-state index contributed by atoms with van der Waals surface area (Å²) in [5, 5.41) is 7.00. The monoisotopic (exact) mass is 418 g/mol. The Kier molecular flexibility index (Phi) is 5.96. The number of hydrogen-bond acceptors (Lipinski definition) is 7. The van der Waals surface area contributed by atoms with E-state index in [1.165, 1.54) is 12.1 Å². The number of nitrogens with zero attached hydrogens (tertiary/aromatic N) is 2. The average Bonchev–Trinajstić information content (AvgIpc) is 2.53. The topological polar surface area (TPSA) is 149 Å². The highest BCUT2D eigenvalue weighted by molar-refractivity contribution is 7.90. The van der Waals surface area contributed by atoms with E-state index in [0.717, 1.165) is 18.0 Å². The Morgan fingerprint density at radius 1 is 1.19 bits per heavy atom. The molecule has 1 amide bonds. The summed E-state index contributed by atoms with van der Waals surface area (Å²) in [6, 6.07) is 5.88. The number of sulfonamides is 1. The number of primary sulfonamides is 1. The number of rotatable bonds is 6. The van der Waals surface area contributed by atoms with E-state index in [9.17, 15) is 21.6 Å². The van der Waals surface area contributed by atoms with Gasteiger partial charge in [-0.15, -0.1) is 0 Å². The van der Waals surface area contributed by atoms with Gasteiger partial charge in [-0.2, -0.15) is 0 Å². The van der Waals surface area contributed by atoms with Crippen molar-refractivity contribution >= 4 is 37.4 Å². The van der Waals surface area contributed by atoms with Crippen LogP contribution < -0.4 is 10.5 Å². The van der Waals surface area contributed by atoms with E-state index in [2.05, 4.69) is 15.3 Å². The molecule has 140 valence electrons. The molecule has 2 rings (SSSR count). The van der Waals surface area contributed by atoms with Crippen molar-refractivity contribution in [2.24, 2.45) is 5.14 Å².